The van der Waals surface area contributed by atoms with Crippen molar-refractivity contribution in [2.24, 2.45) is 0 Å². The van der Waals surface area contributed by atoms with Crippen molar-refractivity contribution < 1.29 is 9.84 Å². The predicted octanol–water partition coefficient (Wildman–Crippen LogP) is 2.08. The van der Waals surface area contributed by atoms with Gasteiger partial charge in [-0.05, 0) is 23.3 Å². The van der Waals surface area contributed by atoms with Gasteiger partial charge in [0.25, 0.3) is 0 Å². The molecule has 0 saturated carbocycles. The number of phenols is 1. The van der Waals surface area contributed by atoms with Crippen molar-refractivity contribution in [1.82, 2.24) is 0 Å². The standard InChI is InChI=1S/C8H7ClO2/c9-7-1-5-3-11-4-6(5)2-8(7)10/h1-2,10H,3-4H2. The summed E-state index contributed by atoms with van der Waals surface area (Å²) in [5.41, 5.74) is 2.11. The van der Waals surface area contributed by atoms with Crippen LogP contribution in [0.15, 0.2) is 12.1 Å². The number of phenolic OH excluding ortho intramolecular Hbond substituents is 1. The highest BCUT2D eigenvalue weighted by Gasteiger charge is 2.13. The van der Waals surface area contributed by atoms with Crippen molar-refractivity contribution in [3.63, 3.8) is 0 Å². The first-order valence-electron chi connectivity index (χ1n) is 3.35. The summed E-state index contributed by atoms with van der Waals surface area (Å²) in [5.74, 6) is 0.135. The molecule has 0 spiro atoms. The van der Waals surface area contributed by atoms with Crippen molar-refractivity contribution in [2.45, 2.75) is 13.2 Å². The van der Waals surface area contributed by atoms with Gasteiger partial charge in [-0.3, -0.25) is 0 Å². The Morgan fingerprint density at radius 3 is 2.64 bits per heavy atom. The molecule has 0 aliphatic carbocycles. The molecule has 0 radical (unpaired) electrons. The lowest BCUT2D eigenvalue weighted by Crippen LogP contribution is -1.81. The first-order valence-corrected chi connectivity index (χ1v) is 3.73. The minimum Gasteiger partial charge on any atom is -0.506 e. The minimum atomic E-state index is 0.135. The monoisotopic (exact) mass is 170 g/mol. The fourth-order valence-corrected chi connectivity index (χ4v) is 1.37. The summed E-state index contributed by atoms with van der Waals surface area (Å²) in [6, 6.07) is 3.41. The zero-order chi connectivity index (χ0) is 7.84. The number of rotatable bonds is 0. The van der Waals surface area contributed by atoms with E-state index in [4.69, 9.17) is 16.3 Å². The number of ether oxygens (including phenoxy) is 1. The van der Waals surface area contributed by atoms with Gasteiger partial charge >= 0.3 is 0 Å². The average molecular weight is 171 g/mol. The van der Waals surface area contributed by atoms with Gasteiger partial charge in [-0.25, -0.2) is 0 Å². The molecule has 58 valence electrons. The summed E-state index contributed by atoms with van der Waals surface area (Å²) in [4.78, 5) is 0. The third-order valence-corrected chi connectivity index (χ3v) is 2.09. The Bertz CT molecular complexity index is 267. The second-order valence-corrected chi connectivity index (χ2v) is 2.97. The van der Waals surface area contributed by atoms with E-state index in [0.717, 1.165) is 11.1 Å². The number of benzene rings is 1. The predicted molar refractivity (Wildman–Crippen MR) is 41.6 cm³/mol. The normalized spacial score (nSPS) is 15.0. The van der Waals surface area contributed by atoms with Crippen LogP contribution in [0.3, 0.4) is 0 Å². The molecule has 1 heterocycles. The van der Waals surface area contributed by atoms with Crippen LogP contribution in [0.5, 0.6) is 5.75 Å². The lowest BCUT2D eigenvalue weighted by Gasteiger charge is -1.99. The van der Waals surface area contributed by atoms with Crippen molar-refractivity contribution in [3.05, 3.63) is 28.3 Å². The molecule has 1 aromatic carbocycles. The molecule has 1 aliphatic rings. The van der Waals surface area contributed by atoms with E-state index in [1.807, 2.05) is 0 Å². The van der Waals surface area contributed by atoms with Gasteiger partial charge in [-0.15, -0.1) is 0 Å². The number of hydrogen-bond donors (Lipinski definition) is 1. The van der Waals surface area contributed by atoms with Crippen LogP contribution in [0.4, 0.5) is 0 Å². The number of fused-ring (bicyclic) bond motifs is 1. The van der Waals surface area contributed by atoms with Crippen molar-refractivity contribution in [1.29, 1.82) is 0 Å². The minimum absolute atomic E-state index is 0.135. The smallest absolute Gasteiger partial charge is 0.134 e. The second kappa shape index (κ2) is 2.40. The highest BCUT2D eigenvalue weighted by Crippen LogP contribution is 2.30. The number of hydrogen-bond acceptors (Lipinski definition) is 2. The fraction of sp³-hybridized carbons (Fsp3) is 0.250. The Balaban J connectivity index is 2.57. The molecule has 1 N–H and O–H groups in total. The van der Waals surface area contributed by atoms with Crippen LogP contribution in [0.2, 0.25) is 5.02 Å². The SMILES string of the molecule is Oc1cc2c(cc1Cl)COC2. The van der Waals surface area contributed by atoms with Crippen molar-refractivity contribution in [2.75, 3.05) is 0 Å². The largest absolute Gasteiger partial charge is 0.506 e. The van der Waals surface area contributed by atoms with Crippen LogP contribution in [-0.2, 0) is 18.0 Å². The molecular weight excluding hydrogens is 164 g/mol. The average Bonchev–Trinajstić information content (AvgIpc) is 2.36. The highest BCUT2D eigenvalue weighted by molar-refractivity contribution is 6.32. The molecule has 2 rings (SSSR count). The molecule has 0 amide bonds. The molecule has 0 fully saturated rings. The molecule has 3 heteroatoms. The van der Waals surface area contributed by atoms with Gasteiger partial charge in [0.05, 0.1) is 18.2 Å². The molecule has 1 aliphatic heterocycles. The van der Waals surface area contributed by atoms with Crippen molar-refractivity contribution >= 4 is 11.6 Å². The van der Waals surface area contributed by atoms with Gasteiger partial charge in [-0.2, -0.15) is 0 Å². The Hall–Kier alpha value is -0.730. The highest BCUT2D eigenvalue weighted by atomic mass is 35.5. The number of aromatic hydroxyl groups is 1. The van der Waals surface area contributed by atoms with Crippen molar-refractivity contribution in [3.8, 4) is 5.75 Å². The summed E-state index contributed by atoms with van der Waals surface area (Å²) < 4.78 is 5.16. The quantitative estimate of drug-likeness (QED) is 0.646. The fourth-order valence-electron chi connectivity index (χ4n) is 1.19. The Morgan fingerprint density at radius 1 is 1.27 bits per heavy atom. The number of halogens is 1. The Labute approximate surface area is 69.4 Å². The van der Waals surface area contributed by atoms with Crippen LogP contribution in [0.1, 0.15) is 11.1 Å². The van der Waals surface area contributed by atoms with E-state index in [2.05, 4.69) is 0 Å². The van der Waals surface area contributed by atoms with Crippen LogP contribution in [-0.4, -0.2) is 5.11 Å². The Morgan fingerprint density at radius 2 is 1.91 bits per heavy atom. The summed E-state index contributed by atoms with van der Waals surface area (Å²) >= 11 is 5.69. The molecule has 0 bridgehead atoms. The Kier molecular flexibility index (Phi) is 1.51. The van der Waals surface area contributed by atoms with Gasteiger partial charge in [0.15, 0.2) is 0 Å². The lowest BCUT2D eigenvalue weighted by atomic mass is 10.1. The molecule has 0 aromatic heterocycles. The van der Waals surface area contributed by atoms with Gasteiger partial charge in [0, 0.05) is 0 Å². The molecule has 2 nitrogen and oxygen atoms in total. The zero-order valence-electron chi connectivity index (χ0n) is 5.80. The molecule has 0 unspecified atom stereocenters. The van der Waals surface area contributed by atoms with E-state index in [0.29, 0.717) is 18.2 Å². The van der Waals surface area contributed by atoms with Crippen LogP contribution in [0.25, 0.3) is 0 Å². The molecule has 0 atom stereocenters. The molecule has 11 heavy (non-hydrogen) atoms. The van der Waals surface area contributed by atoms with Crippen LogP contribution < -0.4 is 0 Å². The van der Waals surface area contributed by atoms with Gasteiger partial charge < -0.3 is 9.84 Å². The maximum Gasteiger partial charge on any atom is 0.134 e. The zero-order valence-corrected chi connectivity index (χ0v) is 6.56. The van der Waals surface area contributed by atoms with Crippen LogP contribution >= 0.6 is 11.6 Å². The van der Waals surface area contributed by atoms with Gasteiger partial charge in [-0.1, -0.05) is 11.6 Å². The summed E-state index contributed by atoms with van der Waals surface area (Å²) in [5, 5.41) is 9.59. The third kappa shape index (κ3) is 1.08. The summed E-state index contributed by atoms with van der Waals surface area (Å²) in [7, 11) is 0. The van der Waals surface area contributed by atoms with E-state index < -0.39 is 0 Å². The van der Waals surface area contributed by atoms with E-state index in [1.54, 1.807) is 12.1 Å². The summed E-state index contributed by atoms with van der Waals surface area (Å²) in [6.07, 6.45) is 0. The van der Waals surface area contributed by atoms with Gasteiger partial charge in [0.2, 0.25) is 0 Å². The van der Waals surface area contributed by atoms with E-state index in [9.17, 15) is 5.11 Å². The molecule has 0 saturated heterocycles. The topological polar surface area (TPSA) is 29.5 Å². The maximum absolute atomic E-state index is 9.20. The van der Waals surface area contributed by atoms with Gasteiger partial charge in [0.1, 0.15) is 5.75 Å². The summed E-state index contributed by atoms with van der Waals surface area (Å²) in [6.45, 7) is 1.19. The first kappa shape index (κ1) is 6.95. The molecular formula is C8H7ClO2. The van der Waals surface area contributed by atoms with E-state index in [1.165, 1.54) is 0 Å². The first-order chi connectivity index (χ1) is 5.27. The lowest BCUT2D eigenvalue weighted by molar-refractivity contribution is 0.134. The second-order valence-electron chi connectivity index (χ2n) is 2.57. The van der Waals surface area contributed by atoms with Crippen LogP contribution in [0, 0.1) is 0 Å². The van der Waals surface area contributed by atoms with E-state index >= 15 is 0 Å². The third-order valence-electron chi connectivity index (χ3n) is 1.78. The van der Waals surface area contributed by atoms with E-state index in [-0.39, 0.29) is 5.75 Å². The maximum atomic E-state index is 9.20. The molecule has 1 aromatic rings.